The van der Waals surface area contributed by atoms with Gasteiger partial charge in [0.05, 0.1) is 9.79 Å². The van der Waals surface area contributed by atoms with Crippen LogP contribution in [0, 0.1) is 0 Å². The fourth-order valence-corrected chi connectivity index (χ4v) is 3.68. The molecule has 22 heavy (non-hydrogen) atoms. The molecule has 3 aromatic carbocycles. The molecule has 1 nitrogen and oxygen atoms in total. The third-order valence-corrected chi connectivity index (χ3v) is 5.03. The lowest BCUT2D eigenvalue weighted by Gasteiger charge is -2.22. The second kappa shape index (κ2) is 5.54. The third kappa shape index (κ3) is 2.30. The van der Waals surface area contributed by atoms with Gasteiger partial charge in [0.1, 0.15) is 11.5 Å². The van der Waals surface area contributed by atoms with Gasteiger partial charge in [-0.25, -0.2) is 0 Å². The van der Waals surface area contributed by atoms with Gasteiger partial charge in [-0.05, 0) is 35.7 Å². The molecule has 0 fully saturated rings. The van der Waals surface area contributed by atoms with E-state index in [4.69, 9.17) is 4.74 Å². The lowest BCUT2D eigenvalue weighted by atomic mass is 10.0. The van der Waals surface area contributed by atoms with Gasteiger partial charge in [0.15, 0.2) is 0 Å². The topological polar surface area (TPSA) is 9.23 Å². The van der Waals surface area contributed by atoms with Crippen LogP contribution >= 0.6 is 11.8 Å². The molecule has 0 amide bonds. The summed E-state index contributed by atoms with van der Waals surface area (Å²) in [7, 11) is 0. The summed E-state index contributed by atoms with van der Waals surface area (Å²) in [5.74, 6) is 1.91. The Kier molecular flexibility index (Phi) is 3.39. The van der Waals surface area contributed by atoms with E-state index in [2.05, 4.69) is 55.5 Å². The molecule has 1 aliphatic rings. The minimum atomic E-state index is 0.942. The molecule has 108 valence electrons. The zero-order chi connectivity index (χ0) is 14.9. The zero-order valence-electron chi connectivity index (χ0n) is 12.4. The third-order valence-electron chi connectivity index (χ3n) is 3.93. The van der Waals surface area contributed by atoms with Crippen molar-refractivity contribution in [2.24, 2.45) is 0 Å². The van der Waals surface area contributed by atoms with Crippen LogP contribution in [0.1, 0.15) is 12.5 Å². The highest BCUT2D eigenvalue weighted by atomic mass is 32.2. The van der Waals surface area contributed by atoms with E-state index in [1.165, 1.54) is 20.9 Å². The number of hydrogen-bond donors (Lipinski definition) is 0. The highest BCUT2D eigenvalue weighted by Crippen LogP contribution is 2.50. The second-order valence-corrected chi connectivity index (χ2v) is 6.42. The fraction of sp³-hybridized carbons (Fsp3) is 0.100. The first-order valence-electron chi connectivity index (χ1n) is 7.52. The molecule has 1 heterocycles. The number of ether oxygens (including phenoxy) is 1. The van der Waals surface area contributed by atoms with Crippen molar-refractivity contribution in [1.82, 2.24) is 0 Å². The van der Waals surface area contributed by atoms with Gasteiger partial charge in [0.2, 0.25) is 0 Å². The average Bonchev–Trinajstić information content (AvgIpc) is 2.59. The first kappa shape index (κ1) is 13.5. The van der Waals surface area contributed by atoms with Crippen LogP contribution in [-0.2, 0) is 6.42 Å². The van der Waals surface area contributed by atoms with Crippen molar-refractivity contribution in [3.63, 3.8) is 0 Å². The van der Waals surface area contributed by atoms with Gasteiger partial charge in [-0.1, -0.05) is 67.2 Å². The average molecular weight is 304 g/mol. The number of hydrogen-bond acceptors (Lipinski definition) is 2. The largest absolute Gasteiger partial charge is 0.454 e. The minimum Gasteiger partial charge on any atom is -0.454 e. The Balaban J connectivity index is 1.80. The van der Waals surface area contributed by atoms with E-state index in [0.717, 1.165) is 23.5 Å². The summed E-state index contributed by atoms with van der Waals surface area (Å²) in [6.45, 7) is 2.18. The van der Waals surface area contributed by atoms with Gasteiger partial charge in [-0.2, -0.15) is 0 Å². The van der Waals surface area contributed by atoms with Gasteiger partial charge in [0.25, 0.3) is 0 Å². The summed E-state index contributed by atoms with van der Waals surface area (Å²) in [6, 6.07) is 23.3. The summed E-state index contributed by atoms with van der Waals surface area (Å²) in [4.78, 5) is 2.35. The Morgan fingerprint density at radius 1 is 0.818 bits per heavy atom. The van der Waals surface area contributed by atoms with E-state index in [0.29, 0.717) is 0 Å². The first-order valence-corrected chi connectivity index (χ1v) is 8.34. The van der Waals surface area contributed by atoms with Crippen LogP contribution in [0.2, 0.25) is 0 Å². The van der Waals surface area contributed by atoms with Crippen molar-refractivity contribution in [2.45, 2.75) is 23.1 Å². The molecule has 0 aliphatic carbocycles. The first-order chi connectivity index (χ1) is 10.8. The van der Waals surface area contributed by atoms with E-state index in [-0.39, 0.29) is 0 Å². The Bertz CT molecular complexity index is 821. The molecule has 0 saturated heterocycles. The summed E-state index contributed by atoms with van der Waals surface area (Å²) in [5.41, 5.74) is 3.71. The predicted octanol–water partition coefficient (Wildman–Crippen LogP) is 6.17. The van der Waals surface area contributed by atoms with Crippen LogP contribution in [0.3, 0.4) is 0 Å². The minimum absolute atomic E-state index is 0.942. The van der Waals surface area contributed by atoms with Gasteiger partial charge < -0.3 is 4.74 Å². The number of para-hydroxylation sites is 2. The SMILES string of the molecule is CCc1ccc(-c2cccc3c2Oc2ccccc2S3)cc1. The fourth-order valence-electron chi connectivity index (χ4n) is 2.70. The summed E-state index contributed by atoms with van der Waals surface area (Å²) < 4.78 is 6.20. The summed E-state index contributed by atoms with van der Waals surface area (Å²) in [6.07, 6.45) is 1.06. The van der Waals surface area contributed by atoms with E-state index < -0.39 is 0 Å². The normalized spacial score (nSPS) is 12.2. The molecule has 1 aliphatic heterocycles. The smallest absolute Gasteiger partial charge is 0.149 e. The molecule has 0 unspecified atom stereocenters. The second-order valence-electron chi connectivity index (χ2n) is 5.33. The standard InChI is InChI=1S/C20H16OS/c1-2-14-10-12-15(13-11-14)16-6-5-9-19-20(16)21-17-7-3-4-8-18(17)22-19/h3-13H,2H2,1H3. The maximum atomic E-state index is 6.20. The van der Waals surface area contributed by atoms with Crippen LogP contribution in [0.5, 0.6) is 11.5 Å². The van der Waals surface area contributed by atoms with Gasteiger partial charge in [0, 0.05) is 5.56 Å². The summed E-state index contributed by atoms with van der Waals surface area (Å²) in [5, 5.41) is 0. The summed E-state index contributed by atoms with van der Waals surface area (Å²) >= 11 is 1.77. The Labute approximate surface area is 135 Å². The van der Waals surface area contributed by atoms with E-state index in [1.807, 2.05) is 18.2 Å². The molecule has 0 aromatic heterocycles. The molecule has 0 atom stereocenters. The quantitative estimate of drug-likeness (QED) is 0.438. The molecular formula is C20H16OS. The van der Waals surface area contributed by atoms with Gasteiger partial charge >= 0.3 is 0 Å². The molecule has 0 bridgehead atoms. The zero-order valence-corrected chi connectivity index (χ0v) is 13.2. The molecule has 0 spiro atoms. The molecule has 0 radical (unpaired) electrons. The number of rotatable bonds is 2. The van der Waals surface area contributed by atoms with Gasteiger partial charge in [-0.15, -0.1) is 0 Å². The van der Waals surface area contributed by atoms with E-state index >= 15 is 0 Å². The van der Waals surface area contributed by atoms with Crippen LogP contribution in [0.4, 0.5) is 0 Å². The van der Waals surface area contributed by atoms with Gasteiger partial charge in [-0.3, -0.25) is 0 Å². The molecule has 2 heteroatoms. The van der Waals surface area contributed by atoms with E-state index in [1.54, 1.807) is 11.8 Å². The maximum Gasteiger partial charge on any atom is 0.149 e. The van der Waals surface area contributed by atoms with Crippen molar-refractivity contribution in [3.8, 4) is 22.6 Å². The van der Waals surface area contributed by atoms with Crippen molar-refractivity contribution in [3.05, 3.63) is 72.3 Å². The lowest BCUT2D eigenvalue weighted by molar-refractivity contribution is 0.456. The maximum absolute atomic E-state index is 6.20. The van der Waals surface area contributed by atoms with Crippen LogP contribution < -0.4 is 4.74 Å². The van der Waals surface area contributed by atoms with Crippen LogP contribution in [0.15, 0.2) is 76.5 Å². The highest BCUT2D eigenvalue weighted by Gasteiger charge is 2.20. The van der Waals surface area contributed by atoms with Crippen molar-refractivity contribution in [1.29, 1.82) is 0 Å². The van der Waals surface area contributed by atoms with Crippen molar-refractivity contribution in [2.75, 3.05) is 0 Å². The van der Waals surface area contributed by atoms with E-state index in [9.17, 15) is 0 Å². The van der Waals surface area contributed by atoms with Crippen LogP contribution in [0.25, 0.3) is 11.1 Å². The molecular weight excluding hydrogens is 288 g/mol. The number of fused-ring (bicyclic) bond motifs is 2. The molecule has 3 aromatic rings. The Morgan fingerprint density at radius 2 is 1.59 bits per heavy atom. The monoisotopic (exact) mass is 304 g/mol. The Morgan fingerprint density at radius 3 is 2.41 bits per heavy atom. The Hall–Kier alpha value is -2.19. The molecule has 4 rings (SSSR count). The number of aryl methyl sites for hydroxylation is 1. The van der Waals surface area contributed by atoms with Crippen molar-refractivity contribution < 1.29 is 4.74 Å². The molecule has 0 N–H and O–H groups in total. The molecule has 0 saturated carbocycles. The lowest BCUT2D eigenvalue weighted by Crippen LogP contribution is -1.97. The number of benzene rings is 3. The predicted molar refractivity (Wildman–Crippen MR) is 91.9 cm³/mol. The van der Waals surface area contributed by atoms with Crippen LogP contribution in [-0.4, -0.2) is 0 Å². The van der Waals surface area contributed by atoms with Crippen molar-refractivity contribution >= 4 is 11.8 Å². The highest BCUT2D eigenvalue weighted by molar-refractivity contribution is 7.99.